The number of hydrogen-bond acceptors (Lipinski definition) is 5. The predicted octanol–water partition coefficient (Wildman–Crippen LogP) is 0.377. The average molecular weight is 295 g/mol. The molecule has 4 N–H and O–H groups in total. The van der Waals surface area contributed by atoms with Crippen molar-refractivity contribution in [3.05, 3.63) is 33.9 Å². The minimum Gasteiger partial charge on any atom is -0.378 e. The summed E-state index contributed by atoms with van der Waals surface area (Å²) in [7, 11) is 3.18. The highest BCUT2D eigenvalue weighted by Crippen LogP contribution is 2.25. The molecule has 1 rings (SSSR count). The summed E-state index contributed by atoms with van der Waals surface area (Å²) in [6.07, 6.45) is 0. The molecule has 0 bridgehead atoms. The van der Waals surface area contributed by atoms with E-state index in [4.69, 9.17) is 5.73 Å². The van der Waals surface area contributed by atoms with Crippen molar-refractivity contribution in [1.29, 1.82) is 0 Å². The smallest absolute Gasteiger partial charge is 0.312 e. The molecule has 0 unspecified atom stereocenters. The van der Waals surface area contributed by atoms with Crippen LogP contribution in [0, 0.1) is 10.1 Å². The van der Waals surface area contributed by atoms with E-state index in [1.165, 1.54) is 23.1 Å². The highest BCUT2D eigenvalue weighted by molar-refractivity contribution is 5.95. The van der Waals surface area contributed by atoms with E-state index in [2.05, 4.69) is 10.6 Å². The topological polar surface area (TPSA) is 131 Å². The van der Waals surface area contributed by atoms with Crippen LogP contribution in [-0.4, -0.2) is 48.9 Å². The van der Waals surface area contributed by atoms with Crippen molar-refractivity contribution in [3.63, 3.8) is 0 Å². The number of urea groups is 1. The molecule has 21 heavy (non-hydrogen) atoms. The number of hydrogen-bond donors (Lipinski definition) is 3. The molecule has 3 amide bonds. The third-order valence-corrected chi connectivity index (χ3v) is 2.59. The molecule has 0 aliphatic rings. The molecule has 0 heterocycles. The predicted molar refractivity (Wildman–Crippen MR) is 77.2 cm³/mol. The van der Waals surface area contributed by atoms with Crippen molar-refractivity contribution in [2.45, 2.75) is 0 Å². The van der Waals surface area contributed by atoms with E-state index in [1.807, 2.05) is 0 Å². The normalized spacial score (nSPS) is 9.81. The SMILES string of the molecule is CN(C)C(=O)c1ccc([N+](=O)[O-])c(NCCNC(N)=O)c1. The van der Waals surface area contributed by atoms with Crippen LogP contribution in [0.15, 0.2) is 18.2 Å². The molecule has 1 aromatic rings. The number of amides is 3. The first-order valence-corrected chi connectivity index (χ1v) is 6.10. The minimum atomic E-state index is -0.678. The summed E-state index contributed by atoms with van der Waals surface area (Å²) >= 11 is 0. The molecule has 9 heteroatoms. The lowest BCUT2D eigenvalue weighted by atomic mass is 10.1. The van der Waals surface area contributed by atoms with Gasteiger partial charge in [0.05, 0.1) is 4.92 Å². The molecule has 9 nitrogen and oxygen atoms in total. The first kappa shape index (κ1) is 16.2. The van der Waals surface area contributed by atoms with Crippen LogP contribution in [0.2, 0.25) is 0 Å². The molecule has 0 aliphatic heterocycles. The summed E-state index contributed by atoms with van der Waals surface area (Å²) in [5, 5.41) is 16.1. The molecule has 0 saturated carbocycles. The minimum absolute atomic E-state index is 0.149. The van der Waals surface area contributed by atoms with Crippen LogP contribution in [0.25, 0.3) is 0 Å². The first-order valence-electron chi connectivity index (χ1n) is 6.10. The van der Waals surface area contributed by atoms with Gasteiger partial charge >= 0.3 is 6.03 Å². The zero-order chi connectivity index (χ0) is 16.0. The third kappa shape index (κ3) is 4.64. The average Bonchev–Trinajstić information content (AvgIpc) is 2.42. The lowest BCUT2D eigenvalue weighted by Crippen LogP contribution is -2.33. The Balaban J connectivity index is 2.91. The van der Waals surface area contributed by atoms with Crippen LogP contribution >= 0.6 is 0 Å². The first-order chi connectivity index (χ1) is 9.82. The molecule has 114 valence electrons. The number of primary amides is 1. The summed E-state index contributed by atoms with van der Waals surface area (Å²) in [5.74, 6) is -0.261. The second-order valence-corrected chi connectivity index (χ2v) is 4.41. The van der Waals surface area contributed by atoms with Gasteiger partial charge in [-0.3, -0.25) is 14.9 Å². The Morgan fingerprint density at radius 3 is 2.52 bits per heavy atom. The number of benzene rings is 1. The van der Waals surface area contributed by atoms with Crippen molar-refractivity contribution in [2.24, 2.45) is 5.73 Å². The number of anilines is 1. The van der Waals surface area contributed by atoms with Gasteiger partial charge in [0, 0.05) is 38.8 Å². The molecule has 0 radical (unpaired) electrons. The Labute approximate surface area is 121 Å². The number of rotatable bonds is 6. The van der Waals surface area contributed by atoms with Crippen LogP contribution in [0.3, 0.4) is 0 Å². The van der Waals surface area contributed by atoms with E-state index in [0.29, 0.717) is 5.56 Å². The van der Waals surface area contributed by atoms with Gasteiger partial charge in [-0.05, 0) is 12.1 Å². The van der Waals surface area contributed by atoms with Crippen LogP contribution < -0.4 is 16.4 Å². The van der Waals surface area contributed by atoms with E-state index in [9.17, 15) is 19.7 Å². The fourth-order valence-corrected chi connectivity index (χ4v) is 1.61. The number of carbonyl (C=O) groups excluding carboxylic acids is 2. The molecule has 0 fully saturated rings. The van der Waals surface area contributed by atoms with Gasteiger partial charge in [-0.25, -0.2) is 4.79 Å². The molecule has 1 aromatic carbocycles. The summed E-state index contributed by atoms with van der Waals surface area (Å²) in [6, 6.07) is 3.39. The second kappa shape index (κ2) is 7.08. The molecule has 0 aromatic heterocycles. The Bertz CT molecular complexity index is 559. The Morgan fingerprint density at radius 2 is 2.00 bits per heavy atom. The zero-order valence-electron chi connectivity index (χ0n) is 11.8. The molecule has 0 aliphatic carbocycles. The fraction of sp³-hybridized carbons (Fsp3) is 0.333. The monoisotopic (exact) mass is 295 g/mol. The molecule has 0 atom stereocenters. The third-order valence-electron chi connectivity index (χ3n) is 2.59. The quantitative estimate of drug-likeness (QED) is 0.396. The van der Waals surface area contributed by atoms with Crippen molar-refractivity contribution < 1.29 is 14.5 Å². The van der Waals surface area contributed by atoms with Gasteiger partial charge in [-0.15, -0.1) is 0 Å². The Hall–Kier alpha value is -2.84. The van der Waals surface area contributed by atoms with Gasteiger partial charge in [-0.1, -0.05) is 0 Å². The largest absolute Gasteiger partial charge is 0.378 e. The van der Waals surface area contributed by atoms with E-state index >= 15 is 0 Å². The van der Waals surface area contributed by atoms with Gasteiger partial charge in [-0.2, -0.15) is 0 Å². The van der Waals surface area contributed by atoms with Crippen LogP contribution in [0.4, 0.5) is 16.2 Å². The van der Waals surface area contributed by atoms with E-state index in [1.54, 1.807) is 14.1 Å². The van der Waals surface area contributed by atoms with Gasteiger partial charge in [0.25, 0.3) is 11.6 Å². The molecular weight excluding hydrogens is 278 g/mol. The summed E-state index contributed by atoms with van der Waals surface area (Å²) in [5.41, 5.74) is 5.30. The van der Waals surface area contributed by atoms with Gasteiger partial charge in [0.15, 0.2) is 0 Å². The number of nitrogens with zero attached hydrogens (tertiary/aromatic N) is 2. The number of nitro benzene ring substituents is 1. The molecular formula is C12H17N5O4. The maximum Gasteiger partial charge on any atom is 0.312 e. The summed E-state index contributed by atoms with van der Waals surface area (Å²) in [4.78, 5) is 34.2. The standard InChI is InChI=1S/C12H17N5O4/c1-16(2)11(18)8-3-4-10(17(20)21)9(7-8)14-5-6-15-12(13)19/h3-4,7,14H,5-6H2,1-2H3,(H3,13,15,19). The highest BCUT2D eigenvalue weighted by Gasteiger charge is 2.17. The van der Waals surface area contributed by atoms with Crippen molar-refractivity contribution in [1.82, 2.24) is 10.2 Å². The lowest BCUT2D eigenvalue weighted by molar-refractivity contribution is -0.384. The molecule has 0 spiro atoms. The van der Waals surface area contributed by atoms with Crippen LogP contribution in [0.5, 0.6) is 0 Å². The van der Waals surface area contributed by atoms with E-state index in [-0.39, 0.29) is 30.4 Å². The maximum absolute atomic E-state index is 11.9. The number of nitrogens with two attached hydrogens (primary N) is 1. The van der Waals surface area contributed by atoms with E-state index in [0.717, 1.165) is 0 Å². The zero-order valence-corrected chi connectivity index (χ0v) is 11.8. The van der Waals surface area contributed by atoms with Crippen LogP contribution in [0.1, 0.15) is 10.4 Å². The van der Waals surface area contributed by atoms with Gasteiger partial charge < -0.3 is 21.3 Å². The number of nitrogens with one attached hydrogen (secondary N) is 2. The summed E-state index contributed by atoms with van der Waals surface area (Å²) < 4.78 is 0. The Kier molecular flexibility index (Phi) is 5.47. The molecule has 0 saturated heterocycles. The lowest BCUT2D eigenvalue weighted by Gasteiger charge is -2.12. The van der Waals surface area contributed by atoms with Crippen LogP contribution in [-0.2, 0) is 0 Å². The van der Waals surface area contributed by atoms with Gasteiger partial charge in [0.1, 0.15) is 5.69 Å². The maximum atomic E-state index is 11.9. The second-order valence-electron chi connectivity index (χ2n) is 4.41. The highest BCUT2D eigenvalue weighted by atomic mass is 16.6. The number of nitro groups is 1. The van der Waals surface area contributed by atoms with Gasteiger partial charge in [0.2, 0.25) is 0 Å². The fourth-order valence-electron chi connectivity index (χ4n) is 1.61. The number of carbonyl (C=O) groups is 2. The van der Waals surface area contributed by atoms with Crippen molar-refractivity contribution in [3.8, 4) is 0 Å². The summed E-state index contributed by atoms with van der Waals surface area (Å²) in [6.45, 7) is 0.446. The van der Waals surface area contributed by atoms with Crippen molar-refractivity contribution >= 4 is 23.3 Å². The van der Waals surface area contributed by atoms with E-state index < -0.39 is 11.0 Å². The van der Waals surface area contributed by atoms with Crippen molar-refractivity contribution in [2.75, 3.05) is 32.5 Å². The Morgan fingerprint density at radius 1 is 1.33 bits per heavy atom.